The number of ether oxygens (including phenoxy) is 2. The normalized spacial score (nSPS) is 13.9. The van der Waals surface area contributed by atoms with Crippen LogP contribution < -0.4 is 14.8 Å². The number of carbonyl (C=O) groups excluding carboxylic acids is 1. The van der Waals surface area contributed by atoms with Gasteiger partial charge in [-0.25, -0.2) is 0 Å². The van der Waals surface area contributed by atoms with Crippen LogP contribution in [0, 0.1) is 0 Å². The number of carbonyl (C=O) groups is 1. The first kappa shape index (κ1) is 21.4. The van der Waals surface area contributed by atoms with Crippen LogP contribution >= 0.6 is 23.2 Å². The summed E-state index contributed by atoms with van der Waals surface area (Å²) in [7, 11) is 0. The topological polar surface area (TPSA) is 73.3 Å². The summed E-state index contributed by atoms with van der Waals surface area (Å²) in [6.07, 6.45) is 4.17. The number of para-hydroxylation sites is 1. The third-order valence-electron chi connectivity index (χ3n) is 4.77. The number of nitrogens with one attached hydrogen (secondary N) is 1. The van der Waals surface area contributed by atoms with E-state index in [0.29, 0.717) is 57.9 Å². The molecule has 3 aromatic rings. The van der Waals surface area contributed by atoms with Gasteiger partial charge in [0.2, 0.25) is 0 Å². The van der Waals surface area contributed by atoms with Gasteiger partial charge in [0, 0.05) is 25.6 Å². The second-order valence-corrected chi connectivity index (χ2v) is 8.66. The molecule has 0 spiro atoms. The van der Waals surface area contributed by atoms with Gasteiger partial charge in [0.1, 0.15) is 16.9 Å². The first-order chi connectivity index (χ1) is 14.8. The van der Waals surface area contributed by atoms with Gasteiger partial charge in [-0.3, -0.25) is 14.8 Å². The zero-order valence-corrected chi connectivity index (χ0v) is 18.6. The molecule has 2 aromatic heterocycles. The van der Waals surface area contributed by atoms with E-state index in [-0.39, 0.29) is 5.91 Å². The summed E-state index contributed by atoms with van der Waals surface area (Å²) in [5, 5.41) is 3.84. The van der Waals surface area contributed by atoms with E-state index < -0.39 is 5.60 Å². The van der Waals surface area contributed by atoms with E-state index in [1.165, 1.54) is 6.20 Å². The van der Waals surface area contributed by atoms with Crippen molar-refractivity contribution in [2.45, 2.75) is 32.3 Å². The van der Waals surface area contributed by atoms with E-state index in [2.05, 4.69) is 15.3 Å². The molecular weight excluding hydrogens is 437 g/mol. The Morgan fingerprint density at radius 2 is 1.97 bits per heavy atom. The Bertz CT molecular complexity index is 1120. The van der Waals surface area contributed by atoms with Crippen molar-refractivity contribution < 1.29 is 14.3 Å². The van der Waals surface area contributed by atoms with E-state index in [1.807, 2.05) is 44.2 Å². The molecule has 31 heavy (non-hydrogen) atoms. The van der Waals surface area contributed by atoms with Crippen LogP contribution in [0.25, 0.3) is 0 Å². The number of halogens is 2. The summed E-state index contributed by atoms with van der Waals surface area (Å²) >= 11 is 12.1. The number of aromatic nitrogens is 2. The van der Waals surface area contributed by atoms with Crippen molar-refractivity contribution in [3.05, 3.63) is 75.8 Å². The molecule has 1 aromatic carbocycles. The van der Waals surface area contributed by atoms with Gasteiger partial charge in [-0.2, -0.15) is 0 Å². The minimum absolute atomic E-state index is 0.313. The molecular formula is C23H21Cl2N3O3. The molecule has 0 atom stereocenters. The zero-order valence-electron chi connectivity index (χ0n) is 17.1. The molecule has 0 aliphatic carbocycles. The van der Waals surface area contributed by atoms with Gasteiger partial charge in [0.15, 0.2) is 11.5 Å². The number of pyridine rings is 2. The molecule has 0 bridgehead atoms. The van der Waals surface area contributed by atoms with Gasteiger partial charge in [0.05, 0.1) is 27.6 Å². The number of benzene rings is 1. The van der Waals surface area contributed by atoms with Crippen molar-refractivity contribution in [2.75, 3.05) is 6.54 Å². The van der Waals surface area contributed by atoms with Crippen LogP contribution in [0.15, 0.2) is 48.8 Å². The van der Waals surface area contributed by atoms with Crippen LogP contribution in [0.4, 0.5) is 0 Å². The van der Waals surface area contributed by atoms with Gasteiger partial charge in [-0.05, 0) is 32.0 Å². The lowest BCUT2D eigenvalue weighted by atomic mass is 10.0. The van der Waals surface area contributed by atoms with Gasteiger partial charge in [-0.1, -0.05) is 41.4 Å². The second-order valence-electron chi connectivity index (χ2n) is 7.81. The Morgan fingerprint density at radius 1 is 1.19 bits per heavy atom. The van der Waals surface area contributed by atoms with Crippen molar-refractivity contribution in [3.63, 3.8) is 0 Å². The molecule has 0 saturated carbocycles. The van der Waals surface area contributed by atoms with Crippen LogP contribution in [0.5, 0.6) is 17.2 Å². The lowest BCUT2D eigenvalue weighted by Gasteiger charge is -2.19. The van der Waals surface area contributed by atoms with E-state index in [4.69, 9.17) is 32.7 Å². The summed E-state index contributed by atoms with van der Waals surface area (Å²) in [5.74, 6) is 1.08. The number of fused-ring (bicyclic) bond motifs is 1. The molecule has 0 unspecified atom stereocenters. The summed E-state index contributed by atoms with van der Waals surface area (Å²) in [6.45, 7) is 4.25. The molecule has 1 amide bonds. The minimum atomic E-state index is -0.448. The molecule has 1 aliphatic rings. The third kappa shape index (κ3) is 4.92. The number of amides is 1. The molecule has 0 saturated heterocycles. The number of hydrogen-bond acceptors (Lipinski definition) is 5. The Kier molecular flexibility index (Phi) is 6.03. The molecule has 0 radical (unpaired) electrons. The first-order valence-corrected chi connectivity index (χ1v) is 10.6. The Morgan fingerprint density at radius 3 is 2.71 bits per heavy atom. The third-order valence-corrected chi connectivity index (χ3v) is 5.31. The van der Waals surface area contributed by atoms with Crippen LogP contribution in [-0.2, 0) is 12.8 Å². The highest BCUT2D eigenvalue weighted by molar-refractivity contribution is 6.34. The largest absolute Gasteiger partial charge is 0.485 e. The first-order valence-electron chi connectivity index (χ1n) is 9.84. The summed E-state index contributed by atoms with van der Waals surface area (Å²) < 4.78 is 12.0. The van der Waals surface area contributed by atoms with Crippen LogP contribution in [-0.4, -0.2) is 28.0 Å². The van der Waals surface area contributed by atoms with Crippen molar-refractivity contribution in [2.24, 2.45) is 0 Å². The van der Waals surface area contributed by atoms with E-state index in [0.717, 1.165) is 5.69 Å². The average Bonchev–Trinajstić information content (AvgIpc) is 3.04. The fourth-order valence-corrected chi connectivity index (χ4v) is 3.86. The fourth-order valence-electron chi connectivity index (χ4n) is 3.38. The number of hydrogen-bond donors (Lipinski definition) is 1. The van der Waals surface area contributed by atoms with Gasteiger partial charge in [-0.15, -0.1) is 0 Å². The highest BCUT2D eigenvalue weighted by atomic mass is 35.5. The minimum Gasteiger partial charge on any atom is -0.485 e. The monoisotopic (exact) mass is 457 g/mol. The quantitative estimate of drug-likeness (QED) is 0.546. The summed E-state index contributed by atoms with van der Waals surface area (Å²) in [4.78, 5) is 21.9. The van der Waals surface area contributed by atoms with Crippen molar-refractivity contribution in [1.29, 1.82) is 0 Å². The van der Waals surface area contributed by atoms with Crippen molar-refractivity contribution in [3.8, 4) is 17.2 Å². The fraction of sp³-hybridized carbons (Fsp3) is 0.261. The molecule has 1 N–H and O–H groups in total. The van der Waals surface area contributed by atoms with Gasteiger partial charge >= 0.3 is 0 Å². The maximum absolute atomic E-state index is 13.2. The smallest absolute Gasteiger partial charge is 0.259 e. The van der Waals surface area contributed by atoms with Gasteiger partial charge in [0.25, 0.3) is 5.91 Å². The standard InChI is InChI=1S/C23H21Cl2N3O3/c1-23(2)11-18-21(31-23)20(19(13-28-18)30-15-6-4-3-5-7-15)22(29)26-9-8-17-16(25)10-14(24)12-27-17/h3-7,10,12-13H,8-9,11H2,1-2H3,(H,26,29). The summed E-state index contributed by atoms with van der Waals surface area (Å²) in [6, 6.07) is 10.9. The predicted octanol–water partition coefficient (Wildman–Crippen LogP) is 5.26. The Labute approximate surface area is 190 Å². The maximum Gasteiger partial charge on any atom is 0.259 e. The Balaban J connectivity index is 1.57. The van der Waals surface area contributed by atoms with E-state index in [1.54, 1.807) is 12.3 Å². The predicted molar refractivity (Wildman–Crippen MR) is 119 cm³/mol. The second kappa shape index (κ2) is 8.73. The maximum atomic E-state index is 13.2. The zero-order chi connectivity index (χ0) is 22.0. The van der Waals surface area contributed by atoms with Crippen LogP contribution in [0.1, 0.15) is 35.6 Å². The highest BCUT2D eigenvalue weighted by Gasteiger charge is 2.36. The van der Waals surface area contributed by atoms with Gasteiger partial charge < -0.3 is 14.8 Å². The van der Waals surface area contributed by atoms with Crippen molar-refractivity contribution >= 4 is 29.1 Å². The SMILES string of the molecule is CC1(C)Cc2ncc(Oc3ccccc3)c(C(=O)NCCc3ncc(Cl)cc3Cl)c2O1. The molecule has 3 heterocycles. The molecule has 6 nitrogen and oxygen atoms in total. The van der Waals surface area contributed by atoms with E-state index in [9.17, 15) is 4.79 Å². The van der Waals surface area contributed by atoms with Crippen LogP contribution in [0.2, 0.25) is 10.0 Å². The summed E-state index contributed by atoms with van der Waals surface area (Å²) in [5.41, 5.74) is 1.27. The molecule has 8 heteroatoms. The van der Waals surface area contributed by atoms with Crippen molar-refractivity contribution in [1.82, 2.24) is 15.3 Å². The number of nitrogens with zero attached hydrogens (tertiary/aromatic N) is 2. The highest BCUT2D eigenvalue weighted by Crippen LogP contribution is 2.41. The molecule has 1 aliphatic heterocycles. The molecule has 4 rings (SSSR count). The van der Waals surface area contributed by atoms with Crippen LogP contribution in [0.3, 0.4) is 0 Å². The lowest BCUT2D eigenvalue weighted by Crippen LogP contribution is -2.28. The lowest BCUT2D eigenvalue weighted by molar-refractivity contribution is 0.0937. The molecule has 160 valence electrons. The molecule has 0 fully saturated rings. The number of rotatable bonds is 6. The van der Waals surface area contributed by atoms with E-state index >= 15 is 0 Å². The Hall–Kier alpha value is -2.83. The average molecular weight is 458 g/mol.